The van der Waals surface area contributed by atoms with Gasteiger partial charge in [-0.2, -0.15) is 0 Å². The summed E-state index contributed by atoms with van der Waals surface area (Å²) in [4.78, 5) is 0. The van der Waals surface area contributed by atoms with Crippen LogP contribution in [-0.2, 0) is 9.47 Å². The molecule has 16 heavy (non-hydrogen) atoms. The van der Waals surface area contributed by atoms with Crippen molar-refractivity contribution < 1.29 is 14.6 Å². The summed E-state index contributed by atoms with van der Waals surface area (Å²) < 4.78 is 11.6. The van der Waals surface area contributed by atoms with Gasteiger partial charge in [-0.1, -0.05) is 0 Å². The first kappa shape index (κ1) is 12.3. The predicted molar refractivity (Wildman–Crippen MR) is 62.3 cm³/mol. The van der Waals surface area contributed by atoms with E-state index in [1.54, 1.807) is 0 Å². The summed E-state index contributed by atoms with van der Waals surface area (Å²) in [7, 11) is 0. The smallest absolute Gasteiger partial charge is 0.0858 e. The molecule has 3 unspecified atom stereocenters. The van der Waals surface area contributed by atoms with Crippen molar-refractivity contribution in [1.29, 1.82) is 0 Å². The Bertz CT molecular complexity index is 254. The molecule has 2 aliphatic rings. The van der Waals surface area contributed by atoms with E-state index in [1.165, 1.54) is 0 Å². The van der Waals surface area contributed by atoms with Gasteiger partial charge in [0.15, 0.2) is 0 Å². The highest BCUT2D eigenvalue weighted by Gasteiger charge is 2.50. The molecule has 1 N–H and O–H groups in total. The fourth-order valence-electron chi connectivity index (χ4n) is 3.27. The fourth-order valence-corrected chi connectivity index (χ4v) is 3.27. The molecule has 0 spiro atoms. The minimum absolute atomic E-state index is 0.0155. The van der Waals surface area contributed by atoms with Crippen LogP contribution in [0.4, 0.5) is 0 Å². The molecular formula is C13H24O3. The van der Waals surface area contributed by atoms with Crippen LogP contribution >= 0.6 is 0 Å². The van der Waals surface area contributed by atoms with Crippen molar-refractivity contribution in [3.63, 3.8) is 0 Å². The van der Waals surface area contributed by atoms with E-state index in [0.29, 0.717) is 0 Å². The molecule has 3 heteroatoms. The lowest BCUT2D eigenvalue weighted by Crippen LogP contribution is -2.42. The van der Waals surface area contributed by atoms with E-state index < -0.39 is 0 Å². The third kappa shape index (κ3) is 2.27. The van der Waals surface area contributed by atoms with E-state index in [0.717, 1.165) is 25.9 Å². The number of hydrogen-bond acceptors (Lipinski definition) is 3. The van der Waals surface area contributed by atoms with Gasteiger partial charge in [-0.05, 0) is 47.0 Å². The fraction of sp³-hybridized carbons (Fsp3) is 1.00. The second-order valence-electron chi connectivity index (χ2n) is 6.32. The second-order valence-corrected chi connectivity index (χ2v) is 6.32. The molecule has 0 amide bonds. The van der Waals surface area contributed by atoms with Crippen LogP contribution in [0.25, 0.3) is 0 Å². The summed E-state index contributed by atoms with van der Waals surface area (Å²) in [6.07, 6.45) is 2.58. The average molecular weight is 228 g/mol. The maximum atomic E-state index is 10.4. The normalized spacial score (nSPS) is 38.8. The van der Waals surface area contributed by atoms with Crippen molar-refractivity contribution in [2.45, 2.75) is 70.4 Å². The van der Waals surface area contributed by atoms with Crippen LogP contribution in [0.3, 0.4) is 0 Å². The van der Waals surface area contributed by atoms with Gasteiger partial charge in [0.05, 0.1) is 23.4 Å². The van der Waals surface area contributed by atoms with Gasteiger partial charge in [-0.25, -0.2) is 0 Å². The van der Waals surface area contributed by atoms with Crippen LogP contribution in [0.2, 0.25) is 0 Å². The number of aliphatic hydroxyl groups is 1. The van der Waals surface area contributed by atoms with Crippen LogP contribution in [0.5, 0.6) is 0 Å². The molecule has 0 radical (unpaired) electrons. The van der Waals surface area contributed by atoms with Gasteiger partial charge >= 0.3 is 0 Å². The standard InChI is InChI=1S/C13H24O3/c1-12(2)8-9(13(3,4)16-12)11(14)10-6-5-7-15-10/h9-11,14H,5-8H2,1-4H3. The van der Waals surface area contributed by atoms with E-state index in [2.05, 4.69) is 27.7 Å². The SMILES string of the molecule is CC1(C)CC(C(O)C2CCCO2)C(C)(C)O1. The maximum Gasteiger partial charge on any atom is 0.0858 e. The van der Waals surface area contributed by atoms with Gasteiger partial charge < -0.3 is 14.6 Å². The zero-order valence-corrected chi connectivity index (χ0v) is 10.8. The Kier molecular flexibility index (Phi) is 3.06. The Morgan fingerprint density at radius 2 is 1.94 bits per heavy atom. The molecule has 0 aromatic rings. The lowest BCUT2D eigenvalue weighted by Gasteiger charge is -2.32. The summed E-state index contributed by atoms with van der Waals surface area (Å²) in [6, 6.07) is 0. The lowest BCUT2D eigenvalue weighted by molar-refractivity contribution is -0.105. The summed E-state index contributed by atoms with van der Waals surface area (Å²) in [5.74, 6) is 0.172. The zero-order chi connectivity index (χ0) is 12.0. The van der Waals surface area contributed by atoms with E-state index >= 15 is 0 Å². The van der Waals surface area contributed by atoms with Gasteiger partial charge in [0, 0.05) is 12.5 Å². The molecule has 0 aromatic heterocycles. The van der Waals surface area contributed by atoms with Crippen molar-refractivity contribution in [3.05, 3.63) is 0 Å². The molecule has 0 bridgehead atoms. The summed E-state index contributed by atoms with van der Waals surface area (Å²) in [6.45, 7) is 9.13. The Hall–Kier alpha value is -0.120. The third-order valence-corrected chi connectivity index (χ3v) is 3.90. The van der Waals surface area contributed by atoms with Crippen LogP contribution in [0.1, 0.15) is 47.0 Å². The third-order valence-electron chi connectivity index (χ3n) is 3.90. The highest BCUT2D eigenvalue weighted by molar-refractivity contribution is 4.99. The first-order valence-corrected chi connectivity index (χ1v) is 6.32. The van der Waals surface area contributed by atoms with Gasteiger partial charge in [0.25, 0.3) is 0 Å². The van der Waals surface area contributed by atoms with Gasteiger partial charge in [0.1, 0.15) is 0 Å². The first-order chi connectivity index (χ1) is 7.32. The Morgan fingerprint density at radius 1 is 1.25 bits per heavy atom. The minimum Gasteiger partial charge on any atom is -0.390 e. The molecule has 3 nitrogen and oxygen atoms in total. The zero-order valence-electron chi connectivity index (χ0n) is 10.8. The summed E-state index contributed by atoms with van der Waals surface area (Å²) in [5, 5.41) is 10.4. The summed E-state index contributed by atoms with van der Waals surface area (Å²) in [5.41, 5.74) is -0.386. The van der Waals surface area contributed by atoms with Gasteiger partial charge in [-0.15, -0.1) is 0 Å². The molecule has 0 aliphatic carbocycles. The number of hydrogen-bond donors (Lipinski definition) is 1. The topological polar surface area (TPSA) is 38.7 Å². The first-order valence-electron chi connectivity index (χ1n) is 6.32. The van der Waals surface area contributed by atoms with E-state index in [9.17, 15) is 5.11 Å². The van der Waals surface area contributed by atoms with Gasteiger partial charge in [-0.3, -0.25) is 0 Å². The molecule has 2 heterocycles. The number of ether oxygens (including phenoxy) is 2. The Morgan fingerprint density at radius 3 is 2.38 bits per heavy atom. The highest BCUT2D eigenvalue weighted by atomic mass is 16.5. The number of aliphatic hydroxyl groups excluding tert-OH is 1. The minimum atomic E-state index is -0.390. The molecule has 2 fully saturated rings. The van der Waals surface area contributed by atoms with Crippen LogP contribution in [0, 0.1) is 5.92 Å². The van der Waals surface area contributed by atoms with Crippen molar-refractivity contribution in [2.75, 3.05) is 6.61 Å². The quantitative estimate of drug-likeness (QED) is 0.787. The van der Waals surface area contributed by atoms with Crippen molar-refractivity contribution in [2.24, 2.45) is 5.92 Å². The lowest BCUT2D eigenvalue weighted by atomic mass is 9.80. The van der Waals surface area contributed by atoms with Crippen molar-refractivity contribution >= 4 is 0 Å². The molecule has 2 rings (SSSR count). The van der Waals surface area contributed by atoms with Crippen LogP contribution in [-0.4, -0.2) is 35.1 Å². The van der Waals surface area contributed by atoms with Crippen molar-refractivity contribution in [3.8, 4) is 0 Å². The van der Waals surface area contributed by atoms with Gasteiger partial charge in [0.2, 0.25) is 0 Å². The van der Waals surface area contributed by atoms with E-state index in [-0.39, 0.29) is 29.3 Å². The van der Waals surface area contributed by atoms with E-state index in [4.69, 9.17) is 9.47 Å². The van der Waals surface area contributed by atoms with Crippen LogP contribution < -0.4 is 0 Å². The second kappa shape index (κ2) is 3.97. The van der Waals surface area contributed by atoms with Crippen molar-refractivity contribution in [1.82, 2.24) is 0 Å². The molecule has 0 saturated carbocycles. The number of rotatable bonds is 2. The molecule has 2 aliphatic heterocycles. The average Bonchev–Trinajstić information content (AvgIpc) is 2.69. The molecule has 94 valence electrons. The molecule has 0 aromatic carbocycles. The predicted octanol–water partition coefficient (Wildman–Crippen LogP) is 2.12. The van der Waals surface area contributed by atoms with Crippen LogP contribution in [0.15, 0.2) is 0 Å². The molecule has 3 atom stereocenters. The molecule has 2 saturated heterocycles. The Labute approximate surface area is 98.1 Å². The Balaban J connectivity index is 2.08. The summed E-state index contributed by atoms with van der Waals surface area (Å²) >= 11 is 0. The van der Waals surface area contributed by atoms with E-state index in [1.807, 2.05) is 0 Å². The monoisotopic (exact) mass is 228 g/mol. The maximum absolute atomic E-state index is 10.4. The molecular weight excluding hydrogens is 204 g/mol. The highest BCUT2D eigenvalue weighted by Crippen LogP contribution is 2.45. The largest absolute Gasteiger partial charge is 0.390 e.